The minimum absolute atomic E-state index is 0.265. The standard InChI is InChI=1S/C23H22ClNO5/c1-14-9-10-15(11-19(14)24)25-12-17(22(26)29-3)21(18(13-25)23(27)30-4)16-7-5-6-8-20(16)28-2/h5-13,21H,1-4H3. The molecule has 1 aliphatic heterocycles. The number of hydrogen-bond acceptors (Lipinski definition) is 6. The van der Waals surface area contributed by atoms with E-state index in [1.54, 1.807) is 35.5 Å². The fourth-order valence-electron chi connectivity index (χ4n) is 3.36. The van der Waals surface area contributed by atoms with Crippen molar-refractivity contribution in [3.63, 3.8) is 0 Å². The molecule has 0 bridgehead atoms. The Balaban J connectivity index is 2.22. The molecular formula is C23H22ClNO5. The molecule has 0 spiro atoms. The minimum Gasteiger partial charge on any atom is -0.496 e. The number of benzene rings is 2. The SMILES string of the molecule is COC(=O)C1=CN(c2ccc(C)c(Cl)c2)C=C(C(=O)OC)C1c1ccccc1OC. The second-order valence-electron chi connectivity index (χ2n) is 6.67. The smallest absolute Gasteiger partial charge is 0.336 e. The molecule has 0 atom stereocenters. The summed E-state index contributed by atoms with van der Waals surface area (Å²) in [6.07, 6.45) is 3.27. The first kappa shape index (κ1) is 21.5. The molecule has 0 aromatic heterocycles. The Kier molecular flexibility index (Phi) is 6.47. The molecule has 0 fully saturated rings. The van der Waals surface area contributed by atoms with Crippen molar-refractivity contribution in [1.82, 2.24) is 0 Å². The number of methoxy groups -OCH3 is 3. The van der Waals surface area contributed by atoms with Gasteiger partial charge in [0.1, 0.15) is 5.75 Å². The second kappa shape index (κ2) is 9.05. The van der Waals surface area contributed by atoms with Gasteiger partial charge in [0.05, 0.1) is 38.4 Å². The van der Waals surface area contributed by atoms with Gasteiger partial charge in [-0.25, -0.2) is 9.59 Å². The monoisotopic (exact) mass is 427 g/mol. The number of ether oxygens (including phenoxy) is 3. The van der Waals surface area contributed by atoms with Crippen LogP contribution in [0.25, 0.3) is 0 Å². The Labute approximate surface area is 180 Å². The number of nitrogens with zero attached hydrogens (tertiary/aromatic N) is 1. The maximum absolute atomic E-state index is 12.7. The Bertz CT molecular complexity index is 1010. The van der Waals surface area contributed by atoms with Crippen LogP contribution in [0.2, 0.25) is 5.02 Å². The van der Waals surface area contributed by atoms with Crippen molar-refractivity contribution in [2.75, 3.05) is 26.2 Å². The van der Waals surface area contributed by atoms with Gasteiger partial charge < -0.3 is 19.1 Å². The van der Waals surface area contributed by atoms with Gasteiger partial charge in [0, 0.05) is 28.7 Å². The quantitative estimate of drug-likeness (QED) is 0.660. The lowest BCUT2D eigenvalue weighted by molar-refractivity contribution is -0.137. The van der Waals surface area contributed by atoms with Gasteiger partial charge in [0.2, 0.25) is 0 Å². The number of rotatable bonds is 5. The molecule has 7 heteroatoms. The fraction of sp³-hybridized carbons (Fsp3) is 0.217. The van der Waals surface area contributed by atoms with Crippen molar-refractivity contribution in [3.8, 4) is 5.75 Å². The summed E-state index contributed by atoms with van der Waals surface area (Å²) in [5.74, 6) is -1.32. The van der Waals surface area contributed by atoms with E-state index < -0.39 is 17.9 Å². The summed E-state index contributed by atoms with van der Waals surface area (Å²) in [4.78, 5) is 27.1. The molecule has 1 aliphatic rings. The third-order valence-corrected chi connectivity index (χ3v) is 5.33. The van der Waals surface area contributed by atoms with Crippen molar-refractivity contribution in [2.45, 2.75) is 12.8 Å². The second-order valence-corrected chi connectivity index (χ2v) is 7.07. The van der Waals surface area contributed by atoms with E-state index >= 15 is 0 Å². The predicted octanol–water partition coefficient (Wildman–Crippen LogP) is 4.37. The average molecular weight is 428 g/mol. The summed E-state index contributed by atoms with van der Waals surface area (Å²) in [7, 11) is 4.13. The summed E-state index contributed by atoms with van der Waals surface area (Å²) in [6.45, 7) is 1.89. The minimum atomic E-state index is -0.724. The first-order chi connectivity index (χ1) is 14.4. The first-order valence-corrected chi connectivity index (χ1v) is 9.56. The Morgan fingerprint density at radius 1 is 0.933 bits per heavy atom. The van der Waals surface area contributed by atoms with Crippen molar-refractivity contribution >= 4 is 29.2 Å². The van der Waals surface area contributed by atoms with E-state index in [1.807, 2.05) is 31.2 Å². The van der Waals surface area contributed by atoms with Crippen LogP contribution in [0.1, 0.15) is 17.0 Å². The van der Waals surface area contributed by atoms with E-state index in [4.69, 9.17) is 25.8 Å². The molecule has 0 radical (unpaired) electrons. The van der Waals surface area contributed by atoms with Crippen LogP contribution in [0, 0.1) is 6.92 Å². The van der Waals surface area contributed by atoms with E-state index in [0.29, 0.717) is 22.0 Å². The van der Waals surface area contributed by atoms with Gasteiger partial charge in [-0.2, -0.15) is 0 Å². The lowest BCUT2D eigenvalue weighted by Gasteiger charge is -2.30. The van der Waals surface area contributed by atoms with Crippen LogP contribution in [0.15, 0.2) is 66.0 Å². The van der Waals surface area contributed by atoms with Gasteiger partial charge in [-0.15, -0.1) is 0 Å². The van der Waals surface area contributed by atoms with E-state index in [1.165, 1.54) is 21.3 Å². The number of esters is 2. The van der Waals surface area contributed by atoms with Crippen LogP contribution in [0.3, 0.4) is 0 Å². The zero-order valence-electron chi connectivity index (χ0n) is 17.1. The number of aryl methyl sites for hydroxylation is 1. The molecule has 1 heterocycles. The van der Waals surface area contributed by atoms with Gasteiger partial charge in [-0.05, 0) is 30.7 Å². The van der Waals surface area contributed by atoms with Gasteiger partial charge in [0.25, 0.3) is 0 Å². The zero-order chi connectivity index (χ0) is 21.8. The van der Waals surface area contributed by atoms with Gasteiger partial charge in [-0.1, -0.05) is 35.9 Å². The maximum Gasteiger partial charge on any atom is 0.336 e. The number of para-hydroxylation sites is 1. The van der Waals surface area contributed by atoms with Crippen LogP contribution in [0.5, 0.6) is 5.75 Å². The molecule has 0 N–H and O–H groups in total. The van der Waals surface area contributed by atoms with Crippen molar-refractivity contribution < 1.29 is 23.8 Å². The topological polar surface area (TPSA) is 65.1 Å². The molecule has 0 amide bonds. The molecule has 30 heavy (non-hydrogen) atoms. The summed E-state index contributed by atoms with van der Waals surface area (Å²) in [6, 6.07) is 12.7. The highest BCUT2D eigenvalue weighted by atomic mass is 35.5. The van der Waals surface area contributed by atoms with Gasteiger partial charge in [0.15, 0.2) is 0 Å². The molecule has 2 aromatic carbocycles. The van der Waals surface area contributed by atoms with Crippen LogP contribution < -0.4 is 9.64 Å². The highest BCUT2D eigenvalue weighted by Gasteiger charge is 2.37. The summed E-state index contributed by atoms with van der Waals surface area (Å²) < 4.78 is 15.5. The number of carbonyl (C=O) groups excluding carboxylic acids is 2. The molecule has 0 aliphatic carbocycles. The molecule has 2 aromatic rings. The van der Waals surface area contributed by atoms with Crippen LogP contribution in [-0.4, -0.2) is 33.3 Å². The first-order valence-electron chi connectivity index (χ1n) is 9.18. The number of anilines is 1. The third-order valence-electron chi connectivity index (χ3n) is 4.92. The van der Waals surface area contributed by atoms with E-state index in [9.17, 15) is 9.59 Å². The normalized spacial score (nSPS) is 14.0. The molecule has 156 valence electrons. The Morgan fingerprint density at radius 3 is 2.07 bits per heavy atom. The van der Waals surface area contributed by atoms with E-state index in [2.05, 4.69) is 0 Å². The maximum atomic E-state index is 12.7. The van der Waals surface area contributed by atoms with E-state index in [0.717, 1.165) is 5.56 Å². The average Bonchev–Trinajstić information content (AvgIpc) is 2.78. The van der Waals surface area contributed by atoms with Gasteiger partial charge >= 0.3 is 11.9 Å². The van der Waals surface area contributed by atoms with Crippen LogP contribution in [0.4, 0.5) is 5.69 Å². The van der Waals surface area contributed by atoms with E-state index in [-0.39, 0.29) is 11.1 Å². The zero-order valence-corrected chi connectivity index (χ0v) is 17.9. The predicted molar refractivity (Wildman–Crippen MR) is 115 cm³/mol. The van der Waals surface area contributed by atoms with Crippen molar-refractivity contribution in [3.05, 3.63) is 82.2 Å². The molecule has 0 saturated heterocycles. The highest BCUT2D eigenvalue weighted by Crippen LogP contribution is 2.42. The summed E-state index contributed by atoms with van der Waals surface area (Å²) in [5, 5.41) is 0.570. The van der Waals surface area contributed by atoms with Crippen molar-refractivity contribution in [2.24, 2.45) is 0 Å². The highest BCUT2D eigenvalue weighted by molar-refractivity contribution is 6.31. The summed E-state index contributed by atoms with van der Waals surface area (Å²) in [5.41, 5.74) is 2.78. The molecule has 6 nitrogen and oxygen atoms in total. The molecular weight excluding hydrogens is 406 g/mol. The van der Waals surface area contributed by atoms with Gasteiger partial charge in [-0.3, -0.25) is 0 Å². The largest absolute Gasteiger partial charge is 0.496 e. The Hall–Kier alpha value is -3.25. The number of hydrogen-bond donors (Lipinski definition) is 0. The van der Waals surface area contributed by atoms with Crippen LogP contribution >= 0.6 is 11.6 Å². The number of carbonyl (C=O) groups is 2. The lowest BCUT2D eigenvalue weighted by atomic mass is 9.82. The van der Waals surface area contributed by atoms with Crippen LogP contribution in [-0.2, 0) is 19.1 Å². The fourth-order valence-corrected chi connectivity index (χ4v) is 3.54. The Morgan fingerprint density at radius 2 is 1.53 bits per heavy atom. The molecule has 0 unspecified atom stereocenters. The number of halogens is 1. The van der Waals surface area contributed by atoms with Crippen molar-refractivity contribution in [1.29, 1.82) is 0 Å². The lowest BCUT2D eigenvalue weighted by Crippen LogP contribution is -2.29. The third kappa shape index (κ3) is 4.04. The molecule has 3 rings (SSSR count). The molecule has 0 saturated carbocycles. The summed E-state index contributed by atoms with van der Waals surface area (Å²) >= 11 is 6.28.